The van der Waals surface area contributed by atoms with Crippen molar-refractivity contribution in [2.45, 2.75) is 23.9 Å². The van der Waals surface area contributed by atoms with Crippen LogP contribution in [0.4, 0.5) is 14.5 Å². The maximum Gasteiger partial charge on any atom is 0.291 e. The molecule has 3 rings (SSSR count). The van der Waals surface area contributed by atoms with Crippen molar-refractivity contribution in [2.24, 2.45) is 5.73 Å². The Morgan fingerprint density at radius 1 is 1.10 bits per heavy atom. The number of amides is 3. The van der Waals surface area contributed by atoms with Crippen LogP contribution in [0, 0.1) is 0 Å². The lowest BCUT2D eigenvalue weighted by atomic mass is 10.1. The van der Waals surface area contributed by atoms with Gasteiger partial charge in [0.05, 0.1) is 22.3 Å². The monoisotopic (exact) mass is 447 g/mol. The van der Waals surface area contributed by atoms with Crippen molar-refractivity contribution >= 4 is 46.2 Å². The lowest BCUT2D eigenvalue weighted by Crippen LogP contribution is -2.29. The topological polar surface area (TPSA) is 119 Å². The lowest BCUT2D eigenvalue weighted by molar-refractivity contribution is -0.118. The van der Waals surface area contributed by atoms with Crippen LogP contribution in [0.3, 0.4) is 0 Å². The molecule has 0 unspecified atom stereocenters. The minimum atomic E-state index is -2.69. The molecular formula is C20H19F2N5O3S. The summed E-state index contributed by atoms with van der Waals surface area (Å²) in [5.74, 6) is -4.24. The van der Waals surface area contributed by atoms with Crippen LogP contribution >= 0.6 is 11.8 Å². The number of carbonyl (C=O) groups is 3. The molecule has 1 heterocycles. The Morgan fingerprint density at radius 2 is 1.81 bits per heavy atom. The molecule has 162 valence electrons. The maximum absolute atomic E-state index is 12.9. The second-order valence-corrected chi connectivity index (χ2v) is 7.37. The zero-order chi connectivity index (χ0) is 22.4. The van der Waals surface area contributed by atoms with Crippen molar-refractivity contribution in [1.82, 2.24) is 14.9 Å². The largest absolute Gasteiger partial charge is 0.370 e. The molecule has 8 nitrogen and oxygen atoms in total. The molecule has 3 amide bonds. The van der Waals surface area contributed by atoms with Gasteiger partial charge in [0, 0.05) is 13.0 Å². The van der Waals surface area contributed by atoms with E-state index in [9.17, 15) is 23.2 Å². The Hall–Kier alpha value is -3.47. The first kappa shape index (κ1) is 22.2. The van der Waals surface area contributed by atoms with Crippen molar-refractivity contribution in [2.75, 3.05) is 11.9 Å². The molecule has 31 heavy (non-hydrogen) atoms. The standard InChI is InChI=1S/C20H19F2N5O3S/c21-19(22)31-20-26-14-7-3-4-8-15(14)27(20)11-17(29)25-13-6-2-1-5-12(13)18(30)24-10-9-16(23)28/h1-8,19H,9-11H2,(H2,23,28)(H,24,30)(H,25,29). The molecule has 0 spiro atoms. The molecule has 4 N–H and O–H groups in total. The molecule has 0 saturated carbocycles. The minimum absolute atomic E-state index is 0.0153. The predicted octanol–water partition coefficient (Wildman–Crippen LogP) is 2.59. The van der Waals surface area contributed by atoms with Gasteiger partial charge in [0.25, 0.3) is 11.7 Å². The number of thioether (sulfide) groups is 1. The number of rotatable bonds is 9. The number of carbonyl (C=O) groups excluding carboxylic acids is 3. The summed E-state index contributed by atoms with van der Waals surface area (Å²) >= 11 is 0.255. The predicted molar refractivity (Wildman–Crippen MR) is 113 cm³/mol. The number of primary amides is 1. The molecule has 0 aliphatic carbocycles. The van der Waals surface area contributed by atoms with Crippen molar-refractivity contribution in [3.63, 3.8) is 0 Å². The summed E-state index contributed by atoms with van der Waals surface area (Å²) in [6.45, 7) is -0.209. The highest BCUT2D eigenvalue weighted by atomic mass is 32.2. The quantitative estimate of drug-likeness (QED) is 0.436. The van der Waals surface area contributed by atoms with Gasteiger partial charge in [0.2, 0.25) is 11.8 Å². The van der Waals surface area contributed by atoms with Crippen molar-refractivity contribution in [3.05, 3.63) is 54.1 Å². The summed E-state index contributed by atoms with van der Waals surface area (Å²) in [7, 11) is 0. The molecule has 0 radical (unpaired) electrons. The number of anilines is 1. The van der Waals surface area contributed by atoms with Gasteiger partial charge >= 0.3 is 0 Å². The summed E-state index contributed by atoms with van der Waals surface area (Å²) in [5.41, 5.74) is 6.53. The first-order chi connectivity index (χ1) is 14.8. The number of halogens is 2. The summed E-state index contributed by atoms with van der Waals surface area (Å²) < 4.78 is 27.3. The maximum atomic E-state index is 12.9. The van der Waals surface area contributed by atoms with E-state index in [1.807, 2.05) is 0 Å². The number of hydrogen-bond donors (Lipinski definition) is 3. The fraction of sp³-hybridized carbons (Fsp3) is 0.200. The first-order valence-electron chi connectivity index (χ1n) is 9.20. The van der Waals surface area contributed by atoms with E-state index in [4.69, 9.17) is 5.73 Å². The van der Waals surface area contributed by atoms with Crippen LogP contribution in [-0.4, -0.2) is 39.6 Å². The fourth-order valence-electron chi connectivity index (χ4n) is 2.89. The zero-order valence-corrected chi connectivity index (χ0v) is 17.0. The Bertz CT molecular complexity index is 1120. The summed E-state index contributed by atoms with van der Waals surface area (Å²) in [6.07, 6.45) is -0.0153. The Morgan fingerprint density at radius 3 is 2.55 bits per heavy atom. The van der Waals surface area contributed by atoms with Gasteiger partial charge in [-0.25, -0.2) is 4.98 Å². The number of fused-ring (bicyclic) bond motifs is 1. The third-order valence-corrected chi connectivity index (χ3v) is 4.92. The molecule has 0 aliphatic rings. The first-order valence-corrected chi connectivity index (χ1v) is 10.1. The zero-order valence-electron chi connectivity index (χ0n) is 16.2. The highest BCUT2D eigenvalue weighted by Crippen LogP contribution is 2.28. The second-order valence-electron chi connectivity index (χ2n) is 6.41. The highest BCUT2D eigenvalue weighted by molar-refractivity contribution is 7.99. The SMILES string of the molecule is NC(=O)CCNC(=O)c1ccccc1NC(=O)Cn1c(SC(F)F)nc2ccccc21. The van der Waals surface area contributed by atoms with E-state index in [1.165, 1.54) is 10.6 Å². The van der Waals surface area contributed by atoms with Crippen LogP contribution in [-0.2, 0) is 16.1 Å². The second kappa shape index (κ2) is 10.0. The molecule has 2 aromatic carbocycles. The van der Waals surface area contributed by atoms with Gasteiger partial charge in [0.15, 0.2) is 5.16 Å². The molecule has 1 aromatic heterocycles. The normalized spacial score (nSPS) is 10.9. The molecule has 3 aromatic rings. The van der Waals surface area contributed by atoms with Gasteiger partial charge in [-0.1, -0.05) is 24.3 Å². The van der Waals surface area contributed by atoms with Crippen LogP contribution in [0.15, 0.2) is 53.7 Å². The van der Waals surface area contributed by atoms with Gasteiger partial charge < -0.3 is 20.9 Å². The smallest absolute Gasteiger partial charge is 0.291 e. The Balaban J connectivity index is 1.78. The highest BCUT2D eigenvalue weighted by Gasteiger charge is 2.19. The van der Waals surface area contributed by atoms with E-state index in [-0.39, 0.29) is 47.7 Å². The summed E-state index contributed by atoms with van der Waals surface area (Å²) in [6, 6.07) is 13.1. The van der Waals surface area contributed by atoms with E-state index >= 15 is 0 Å². The van der Waals surface area contributed by atoms with Crippen LogP contribution < -0.4 is 16.4 Å². The number of alkyl halides is 2. The van der Waals surface area contributed by atoms with Gasteiger partial charge in [-0.05, 0) is 36.0 Å². The van der Waals surface area contributed by atoms with Gasteiger partial charge in [-0.2, -0.15) is 8.78 Å². The van der Waals surface area contributed by atoms with E-state index < -0.39 is 23.5 Å². The molecule has 11 heteroatoms. The number of hydrogen-bond acceptors (Lipinski definition) is 5. The third-order valence-electron chi connectivity index (χ3n) is 4.22. The van der Waals surface area contributed by atoms with Crippen LogP contribution in [0.2, 0.25) is 0 Å². The number of benzene rings is 2. The number of aromatic nitrogens is 2. The molecule has 0 atom stereocenters. The molecule has 0 saturated heterocycles. The molecule has 0 aliphatic heterocycles. The number of imidazole rings is 1. The van der Waals surface area contributed by atoms with Gasteiger partial charge in [0.1, 0.15) is 6.54 Å². The number of nitrogens with two attached hydrogens (primary N) is 1. The number of para-hydroxylation sites is 3. The molecular weight excluding hydrogens is 428 g/mol. The fourth-order valence-corrected chi connectivity index (χ4v) is 3.49. The Labute approximate surface area is 180 Å². The van der Waals surface area contributed by atoms with E-state index in [0.717, 1.165) is 0 Å². The minimum Gasteiger partial charge on any atom is -0.370 e. The third kappa shape index (κ3) is 5.79. The lowest BCUT2D eigenvalue weighted by Gasteiger charge is -2.13. The van der Waals surface area contributed by atoms with Crippen molar-refractivity contribution in [1.29, 1.82) is 0 Å². The van der Waals surface area contributed by atoms with Crippen LogP contribution in [0.1, 0.15) is 16.8 Å². The van der Waals surface area contributed by atoms with E-state index in [2.05, 4.69) is 15.6 Å². The van der Waals surface area contributed by atoms with Gasteiger partial charge in [-0.3, -0.25) is 14.4 Å². The summed E-state index contributed by atoms with van der Waals surface area (Å²) in [4.78, 5) is 40.1. The van der Waals surface area contributed by atoms with Crippen LogP contribution in [0.5, 0.6) is 0 Å². The van der Waals surface area contributed by atoms with Crippen LogP contribution in [0.25, 0.3) is 11.0 Å². The summed E-state index contributed by atoms with van der Waals surface area (Å²) in [5, 5.41) is 5.21. The van der Waals surface area contributed by atoms with E-state index in [1.54, 1.807) is 42.5 Å². The average Bonchev–Trinajstić information content (AvgIpc) is 3.04. The number of nitrogens with zero attached hydrogens (tertiary/aromatic N) is 2. The van der Waals surface area contributed by atoms with E-state index in [0.29, 0.717) is 11.0 Å². The number of nitrogens with one attached hydrogen (secondary N) is 2. The van der Waals surface area contributed by atoms with Crippen molar-refractivity contribution < 1.29 is 23.2 Å². The Kier molecular flexibility index (Phi) is 7.19. The molecule has 0 fully saturated rings. The van der Waals surface area contributed by atoms with Crippen molar-refractivity contribution in [3.8, 4) is 0 Å². The van der Waals surface area contributed by atoms with Gasteiger partial charge in [-0.15, -0.1) is 0 Å². The molecule has 0 bridgehead atoms. The average molecular weight is 447 g/mol.